The van der Waals surface area contributed by atoms with Crippen LogP contribution in [0.2, 0.25) is 0 Å². The van der Waals surface area contributed by atoms with E-state index in [0.29, 0.717) is 5.56 Å². The first-order valence-corrected chi connectivity index (χ1v) is 8.30. The van der Waals surface area contributed by atoms with Gasteiger partial charge in [0.25, 0.3) is 5.56 Å². The minimum atomic E-state index is -3.67. The van der Waals surface area contributed by atoms with E-state index in [0.717, 1.165) is 6.66 Å². The first kappa shape index (κ1) is 16.1. The van der Waals surface area contributed by atoms with Gasteiger partial charge in [0.15, 0.2) is 0 Å². The molecule has 1 aliphatic heterocycles. The Morgan fingerprint density at radius 3 is 2.86 bits per heavy atom. The Bertz CT molecular complexity index is 676. The molecule has 1 aromatic heterocycles. The molecule has 0 amide bonds. The number of aromatic amines is 1. The van der Waals surface area contributed by atoms with E-state index in [1.165, 1.54) is 10.8 Å². The van der Waals surface area contributed by atoms with Crippen molar-refractivity contribution in [1.82, 2.24) is 9.55 Å². The quantitative estimate of drug-likeness (QED) is 0.627. The summed E-state index contributed by atoms with van der Waals surface area (Å²) >= 11 is 0. The van der Waals surface area contributed by atoms with Gasteiger partial charge in [0.2, 0.25) is 0 Å². The van der Waals surface area contributed by atoms with E-state index in [1.807, 2.05) is 0 Å². The summed E-state index contributed by atoms with van der Waals surface area (Å²) in [4.78, 5) is 34.3. The molecule has 1 unspecified atom stereocenters. The van der Waals surface area contributed by atoms with Gasteiger partial charge in [0.1, 0.15) is 12.3 Å². The number of ether oxygens (including phenoxy) is 1. The lowest BCUT2D eigenvalue weighted by atomic mass is 10.2. The van der Waals surface area contributed by atoms with Gasteiger partial charge in [-0.15, -0.1) is 0 Å². The lowest BCUT2D eigenvalue weighted by molar-refractivity contribution is -0.0422. The van der Waals surface area contributed by atoms with E-state index >= 15 is 0 Å². The molecular weight excluding hydrogens is 303 g/mol. The van der Waals surface area contributed by atoms with Crippen LogP contribution in [-0.4, -0.2) is 45.0 Å². The number of aliphatic hydroxyl groups is 1. The summed E-state index contributed by atoms with van der Waals surface area (Å²) in [7, 11) is -3.67. The number of nitrogens with one attached hydrogen (secondary N) is 1. The highest BCUT2D eigenvalue weighted by molar-refractivity contribution is 7.51. The van der Waals surface area contributed by atoms with Gasteiger partial charge in [-0.3, -0.25) is 18.9 Å². The number of hydrogen-bond donors (Lipinski definition) is 3. The van der Waals surface area contributed by atoms with Crippen molar-refractivity contribution >= 4 is 7.60 Å². The number of aromatic nitrogens is 2. The second-order valence-corrected chi connectivity index (χ2v) is 6.87. The molecule has 1 aliphatic rings. The Morgan fingerprint density at radius 1 is 1.57 bits per heavy atom. The molecule has 2 heterocycles. The third-order valence-corrected chi connectivity index (χ3v) is 3.77. The number of aliphatic hydroxyl groups excluding tert-OH is 1. The van der Waals surface area contributed by atoms with E-state index in [2.05, 4.69) is 4.98 Å². The fourth-order valence-electron chi connectivity index (χ4n) is 2.05. The van der Waals surface area contributed by atoms with Crippen LogP contribution >= 0.6 is 7.60 Å². The summed E-state index contributed by atoms with van der Waals surface area (Å²) in [5.74, 6) is 0. The molecule has 1 fully saturated rings. The number of H-pyrrole nitrogens is 1. The van der Waals surface area contributed by atoms with Crippen LogP contribution < -0.4 is 11.2 Å². The minimum absolute atomic E-state index is 0.110. The molecule has 0 saturated carbocycles. The van der Waals surface area contributed by atoms with Crippen LogP contribution in [0.1, 0.15) is 18.2 Å². The molecule has 4 atom stereocenters. The second-order valence-electron chi connectivity index (χ2n) is 5.01. The molecule has 1 aromatic rings. The third-order valence-electron chi connectivity index (χ3n) is 3.14. The highest BCUT2D eigenvalue weighted by atomic mass is 31.2. The molecule has 10 heteroatoms. The zero-order valence-electron chi connectivity index (χ0n) is 11.6. The SMILES string of the molecule is Cc1cn([C@H]2C[C@H](O)[C@@H](COP(C)(=O)O)O2)c(=O)[nH]c1=O. The van der Waals surface area contributed by atoms with Crippen molar-refractivity contribution in [3.8, 4) is 0 Å². The zero-order valence-corrected chi connectivity index (χ0v) is 12.4. The molecule has 21 heavy (non-hydrogen) atoms. The third kappa shape index (κ3) is 3.90. The van der Waals surface area contributed by atoms with E-state index in [9.17, 15) is 19.3 Å². The van der Waals surface area contributed by atoms with Gasteiger partial charge < -0.3 is 19.3 Å². The van der Waals surface area contributed by atoms with Crippen molar-refractivity contribution in [1.29, 1.82) is 0 Å². The maximum Gasteiger partial charge on any atom is 0.330 e. The Hall–Kier alpha value is -1.25. The molecule has 0 aromatic carbocycles. The predicted octanol–water partition coefficient (Wildman–Crippen LogP) is -0.675. The average Bonchev–Trinajstić information content (AvgIpc) is 2.72. The molecule has 118 valence electrons. The van der Waals surface area contributed by atoms with Gasteiger partial charge in [0.05, 0.1) is 12.7 Å². The standard InChI is InChI=1S/C11H17N2O7P/c1-6-4-13(11(16)12-10(6)15)9-3-7(14)8(20-9)5-19-21(2,17)18/h4,7-9,14H,3,5H2,1-2H3,(H,17,18)(H,12,15,16)/t7-,8+,9+/m0/s1. The highest BCUT2D eigenvalue weighted by Crippen LogP contribution is 2.38. The van der Waals surface area contributed by atoms with Crippen molar-refractivity contribution in [2.75, 3.05) is 13.3 Å². The van der Waals surface area contributed by atoms with Crippen molar-refractivity contribution < 1.29 is 23.8 Å². The normalized spacial score (nSPS) is 28.5. The molecule has 0 aliphatic carbocycles. The number of nitrogens with zero attached hydrogens (tertiary/aromatic N) is 1. The minimum Gasteiger partial charge on any atom is -0.390 e. The second kappa shape index (κ2) is 5.86. The van der Waals surface area contributed by atoms with Crippen molar-refractivity contribution in [2.45, 2.75) is 31.8 Å². The number of rotatable bonds is 4. The molecule has 1 saturated heterocycles. The first-order valence-electron chi connectivity index (χ1n) is 6.28. The molecule has 9 nitrogen and oxygen atoms in total. The zero-order chi connectivity index (χ0) is 15.8. The summed E-state index contributed by atoms with van der Waals surface area (Å²) in [6.07, 6.45) is -1.08. The van der Waals surface area contributed by atoms with Gasteiger partial charge in [-0.05, 0) is 6.92 Å². The Labute approximate surface area is 119 Å². The van der Waals surface area contributed by atoms with Crippen LogP contribution in [0.15, 0.2) is 15.8 Å². The average molecular weight is 320 g/mol. The fraction of sp³-hybridized carbons (Fsp3) is 0.636. The van der Waals surface area contributed by atoms with E-state index in [4.69, 9.17) is 14.2 Å². The monoisotopic (exact) mass is 320 g/mol. The highest BCUT2D eigenvalue weighted by Gasteiger charge is 2.36. The van der Waals surface area contributed by atoms with Gasteiger partial charge in [0, 0.05) is 24.8 Å². The summed E-state index contributed by atoms with van der Waals surface area (Å²) in [6, 6.07) is 0. The van der Waals surface area contributed by atoms with Crippen LogP contribution in [0.3, 0.4) is 0 Å². The van der Waals surface area contributed by atoms with Crippen LogP contribution in [0.25, 0.3) is 0 Å². The van der Waals surface area contributed by atoms with Crippen LogP contribution in [0.4, 0.5) is 0 Å². The topological polar surface area (TPSA) is 131 Å². The molecule has 0 spiro atoms. The molecular formula is C11H17N2O7P. The van der Waals surface area contributed by atoms with E-state index < -0.39 is 37.3 Å². The Morgan fingerprint density at radius 2 is 2.24 bits per heavy atom. The molecule has 0 radical (unpaired) electrons. The smallest absolute Gasteiger partial charge is 0.330 e. The predicted molar refractivity (Wildman–Crippen MR) is 72.3 cm³/mol. The summed E-state index contributed by atoms with van der Waals surface area (Å²) in [6.45, 7) is 2.31. The molecule has 0 bridgehead atoms. The van der Waals surface area contributed by atoms with Gasteiger partial charge in [-0.25, -0.2) is 4.79 Å². The number of hydrogen-bond acceptors (Lipinski definition) is 6. The number of aryl methyl sites for hydroxylation is 1. The fourth-order valence-corrected chi connectivity index (χ4v) is 2.47. The van der Waals surface area contributed by atoms with Crippen molar-refractivity contribution in [3.63, 3.8) is 0 Å². The van der Waals surface area contributed by atoms with Crippen LogP contribution in [-0.2, 0) is 13.8 Å². The van der Waals surface area contributed by atoms with E-state index in [-0.39, 0.29) is 13.0 Å². The summed E-state index contributed by atoms with van der Waals surface area (Å²) in [5, 5.41) is 9.87. The Kier molecular flexibility index (Phi) is 4.50. The van der Waals surface area contributed by atoms with E-state index in [1.54, 1.807) is 6.92 Å². The van der Waals surface area contributed by atoms with Crippen molar-refractivity contribution in [2.24, 2.45) is 0 Å². The molecule has 3 N–H and O–H groups in total. The Balaban J connectivity index is 2.14. The summed E-state index contributed by atoms with van der Waals surface area (Å²) in [5.41, 5.74) is -0.796. The first-order chi connectivity index (χ1) is 9.67. The van der Waals surface area contributed by atoms with Crippen LogP contribution in [0.5, 0.6) is 0 Å². The van der Waals surface area contributed by atoms with Gasteiger partial charge >= 0.3 is 13.3 Å². The van der Waals surface area contributed by atoms with Crippen molar-refractivity contribution in [3.05, 3.63) is 32.6 Å². The maximum atomic E-state index is 11.7. The largest absolute Gasteiger partial charge is 0.390 e. The van der Waals surface area contributed by atoms with Crippen LogP contribution in [0, 0.1) is 6.92 Å². The maximum absolute atomic E-state index is 11.7. The van der Waals surface area contributed by atoms with Gasteiger partial charge in [-0.1, -0.05) is 0 Å². The van der Waals surface area contributed by atoms with Gasteiger partial charge in [-0.2, -0.15) is 0 Å². The summed E-state index contributed by atoms with van der Waals surface area (Å²) < 4.78 is 22.4. The lowest BCUT2D eigenvalue weighted by Gasteiger charge is -2.17. The lowest BCUT2D eigenvalue weighted by Crippen LogP contribution is -2.33. The molecule has 2 rings (SSSR count).